The topological polar surface area (TPSA) is 26.3 Å². The summed E-state index contributed by atoms with van der Waals surface area (Å²) in [4.78, 5) is 15.9. The third kappa shape index (κ3) is 7.87. The first-order valence-electron chi connectivity index (χ1n) is 8.01. The van der Waals surface area contributed by atoms with Crippen molar-refractivity contribution < 1.29 is 9.53 Å². The van der Waals surface area contributed by atoms with Gasteiger partial charge in [-0.2, -0.15) is 0 Å². The number of carbonyl (C=O) groups excluding carboxylic acids is 1. The zero-order chi connectivity index (χ0) is 17.0. The van der Waals surface area contributed by atoms with E-state index in [1.165, 1.54) is 21.2 Å². The Bertz CT molecular complexity index is 641. The molecule has 0 radical (unpaired) electrons. The average Bonchev–Trinajstić information content (AvgIpc) is 2.60. The summed E-state index contributed by atoms with van der Waals surface area (Å²) in [7, 11) is 0. The minimum atomic E-state index is -0.197. The molecule has 0 unspecified atom stereocenters. The number of allylic oxidation sites excluding steroid dienone is 1. The molecule has 0 fully saturated rings. The van der Waals surface area contributed by atoms with Gasteiger partial charge in [0.05, 0.1) is 0 Å². The second-order valence-electron chi connectivity index (χ2n) is 5.23. The van der Waals surface area contributed by atoms with Crippen LogP contribution in [0.4, 0.5) is 0 Å². The number of esters is 1. The molecule has 0 aromatic heterocycles. The van der Waals surface area contributed by atoms with Gasteiger partial charge >= 0.3 is 155 Å². The zero-order valence-electron chi connectivity index (χ0n) is 13.8. The molecule has 0 atom stereocenters. The van der Waals surface area contributed by atoms with Gasteiger partial charge in [-0.05, 0) is 0 Å². The van der Waals surface area contributed by atoms with Gasteiger partial charge in [-0.25, -0.2) is 0 Å². The van der Waals surface area contributed by atoms with E-state index in [2.05, 4.69) is 59.6 Å². The number of unbranched alkanes of at least 4 members (excludes halogenated alkanes) is 1. The van der Waals surface area contributed by atoms with Gasteiger partial charge in [0.2, 0.25) is 0 Å². The van der Waals surface area contributed by atoms with Crippen LogP contribution in [0, 0.1) is 0 Å². The number of ether oxygens (including phenoxy) is 1. The van der Waals surface area contributed by atoms with Crippen molar-refractivity contribution in [3.8, 4) is 0 Å². The second-order valence-corrected chi connectivity index (χ2v) is 8.41. The van der Waals surface area contributed by atoms with Crippen molar-refractivity contribution in [3.63, 3.8) is 0 Å². The van der Waals surface area contributed by atoms with Gasteiger partial charge in [0.1, 0.15) is 0 Å². The second kappa shape index (κ2) is 11.1. The van der Waals surface area contributed by atoms with Crippen LogP contribution >= 0.6 is 11.8 Å². The number of hydrogen-bond acceptors (Lipinski definition) is 3. The fraction of sp³-hybridized carbons (Fsp3) is 0.250. The molecule has 0 aliphatic heterocycles. The Labute approximate surface area is 154 Å². The standard InChI is InChI=1S/C20H22O2SSe/c1-17(21)22-15-9-8-12-19(23-18-10-4-2-5-11-18)16-24-20-13-6-3-7-14-20/h2-7,10-11,13-14,16H,8-9,12,15H2,1H3/b19-16-. The Morgan fingerprint density at radius 1 is 1.04 bits per heavy atom. The van der Waals surface area contributed by atoms with Crippen molar-refractivity contribution in [2.75, 3.05) is 6.61 Å². The van der Waals surface area contributed by atoms with Gasteiger partial charge in [0.25, 0.3) is 0 Å². The monoisotopic (exact) mass is 406 g/mol. The molecule has 2 rings (SSSR count). The Kier molecular flexibility index (Phi) is 8.75. The van der Waals surface area contributed by atoms with Crippen LogP contribution in [-0.4, -0.2) is 27.5 Å². The molecule has 0 spiro atoms. The SMILES string of the molecule is CC(=O)OCCCC/C(=C/[Se]c1ccccc1)Sc1ccccc1. The summed E-state index contributed by atoms with van der Waals surface area (Å²) < 4.78 is 6.40. The van der Waals surface area contributed by atoms with Crippen LogP contribution in [0.15, 0.2) is 75.4 Å². The molecule has 0 saturated heterocycles. The van der Waals surface area contributed by atoms with E-state index in [0.717, 1.165) is 19.3 Å². The number of thioether (sulfide) groups is 1. The third-order valence-corrected chi connectivity index (χ3v) is 6.60. The number of benzene rings is 2. The van der Waals surface area contributed by atoms with Crippen LogP contribution in [0.1, 0.15) is 26.2 Å². The van der Waals surface area contributed by atoms with E-state index >= 15 is 0 Å². The summed E-state index contributed by atoms with van der Waals surface area (Å²) in [5.74, 6) is -0.197. The van der Waals surface area contributed by atoms with Crippen molar-refractivity contribution in [2.45, 2.75) is 31.1 Å². The van der Waals surface area contributed by atoms with E-state index in [1.807, 2.05) is 17.8 Å². The number of carbonyl (C=O) groups is 1. The summed E-state index contributed by atoms with van der Waals surface area (Å²) >= 11 is 2.18. The predicted octanol–water partition coefficient (Wildman–Crippen LogP) is 4.38. The maximum absolute atomic E-state index is 10.8. The summed E-state index contributed by atoms with van der Waals surface area (Å²) in [6.07, 6.45) is 2.96. The van der Waals surface area contributed by atoms with E-state index in [0.29, 0.717) is 21.6 Å². The zero-order valence-corrected chi connectivity index (χ0v) is 16.3. The molecule has 2 nitrogen and oxygen atoms in total. The molecule has 2 aromatic rings. The van der Waals surface area contributed by atoms with E-state index in [-0.39, 0.29) is 5.97 Å². The quantitative estimate of drug-likeness (QED) is 0.268. The summed E-state index contributed by atoms with van der Waals surface area (Å²) in [6.45, 7) is 1.97. The van der Waals surface area contributed by atoms with Crippen LogP contribution in [0.5, 0.6) is 0 Å². The van der Waals surface area contributed by atoms with Gasteiger partial charge in [0, 0.05) is 0 Å². The van der Waals surface area contributed by atoms with Crippen LogP contribution in [0.25, 0.3) is 0 Å². The normalized spacial score (nSPS) is 11.3. The van der Waals surface area contributed by atoms with Gasteiger partial charge in [-0.3, -0.25) is 0 Å². The Balaban J connectivity index is 1.91. The maximum atomic E-state index is 10.8. The molecule has 0 heterocycles. The number of hydrogen-bond donors (Lipinski definition) is 0. The molecule has 126 valence electrons. The molecular weight excluding hydrogens is 383 g/mol. The van der Waals surface area contributed by atoms with Crippen LogP contribution < -0.4 is 4.46 Å². The minimum absolute atomic E-state index is 0.197. The fourth-order valence-electron chi connectivity index (χ4n) is 2.02. The summed E-state index contributed by atoms with van der Waals surface area (Å²) in [6, 6.07) is 21.1. The predicted molar refractivity (Wildman–Crippen MR) is 103 cm³/mol. The molecule has 0 N–H and O–H groups in total. The van der Waals surface area contributed by atoms with Crippen LogP contribution in [0.3, 0.4) is 0 Å². The summed E-state index contributed by atoms with van der Waals surface area (Å²) in [5.41, 5.74) is 0. The van der Waals surface area contributed by atoms with Crippen molar-refractivity contribution in [3.05, 3.63) is 70.5 Å². The first-order chi connectivity index (χ1) is 11.7. The third-order valence-electron chi connectivity index (χ3n) is 3.18. The Hall–Kier alpha value is -1.48. The Morgan fingerprint density at radius 2 is 1.71 bits per heavy atom. The average molecular weight is 405 g/mol. The van der Waals surface area contributed by atoms with Gasteiger partial charge < -0.3 is 0 Å². The van der Waals surface area contributed by atoms with E-state index in [1.54, 1.807) is 0 Å². The van der Waals surface area contributed by atoms with Gasteiger partial charge in [-0.15, -0.1) is 0 Å². The van der Waals surface area contributed by atoms with E-state index < -0.39 is 0 Å². The van der Waals surface area contributed by atoms with Gasteiger partial charge in [-0.1, -0.05) is 0 Å². The van der Waals surface area contributed by atoms with Crippen LogP contribution in [0.2, 0.25) is 0 Å². The molecule has 0 aliphatic carbocycles. The van der Waals surface area contributed by atoms with Crippen molar-refractivity contribution in [1.29, 1.82) is 0 Å². The first kappa shape index (κ1) is 18.9. The van der Waals surface area contributed by atoms with Crippen molar-refractivity contribution in [1.82, 2.24) is 0 Å². The molecule has 0 aliphatic rings. The summed E-state index contributed by atoms with van der Waals surface area (Å²) in [5, 5.41) is 0. The van der Waals surface area contributed by atoms with Gasteiger partial charge in [0.15, 0.2) is 0 Å². The molecule has 2 aromatic carbocycles. The van der Waals surface area contributed by atoms with Crippen LogP contribution in [-0.2, 0) is 9.53 Å². The van der Waals surface area contributed by atoms with Crippen molar-refractivity contribution >= 4 is 37.1 Å². The van der Waals surface area contributed by atoms with Crippen molar-refractivity contribution in [2.24, 2.45) is 0 Å². The molecule has 0 saturated carbocycles. The molecule has 4 heteroatoms. The molecule has 0 bridgehead atoms. The number of rotatable bonds is 9. The molecular formula is C20H22O2SSe. The molecule has 0 amide bonds. The Morgan fingerprint density at radius 3 is 2.38 bits per heavy atom. The van der Waals surface area contributed by atoms with E-state index in [4.69, 9.17) is 4.74 Å². The fourth-order valence-corrected chi connectivity index (χ4v) is 4.94. The first-order valence-corrected chi connectivity index (χ1v) is 10.7. The molecule has 24 heavy (non-hydrogen) atoms. The van der Waals surface area contributed by atoms with E-state index in [9.17, 15) is 4.79 Å².